The molecule has 1 N–H and O–H groups in total. The molecule has 0 aliphatic rings. The molecule has 2 rings (SSSR count). The largest absolute Gasteiger partial charge is 0.494 e. The smallest absolute Gasteiger partial charge is 0.338 e. The van der Waals surface area contributed by atoms with Gasteiger partial charge in [0.1, 0.15) is 5.75 Å². The lowest BCUT2D eigenvalue weighted by Gasteiger charge is -2.14. The van der Waals surface area contributed by atoms with Crippen molar-refractivity contribution >= 4 is 17.6 Å². The molecule has 0 unspecified atom stereocenters. The minimum atomic E-state index is -0.899. The lowest BCUT2D eigenvalue weighted by Crippen LogP contribution is -2.30. The van der Waals surface area contributed by atoms with E-state index in [4.69, 9.17) is 9.47 Å². The molecule has 126 valence electrons. The summed E-state index contributed by atoms with van der Waals surface area (Å²) >= 11 is 0. The van der Waals surface area contributed by atoms with Crippen LogP contribution >= 0.6 is 0 Å². The number of benzene rings is 2. The molecule has 1 amide bonds. The second-order valence-electron chi connectivity index (χ2n) is 5.36. The fourth-order valence-corrected chi connectivity index (χ4v) is 2.10. The van der Waals surface area contributed by atoms with Crippen LogP contribution < -0.4 is 10.1 Å². The Labute approximate surface area is 141 Å². The summed E-state index contributed by atoms with van der Waals surface area (Å²) in [6.07, 6.45) is -0.899. The molecule has 0 heterocycles. The number of rotatable bonds is 6. The molecule has 0 bridgehead atoms. The molecule has 0 radical (unpaired) electrons. The van der Waals surface area contributed by atoms with Crippen LogP contribution in [-0.4, -0.2) is 24.6 Å². The topological polar surface area (TPSA) is 64.6 Å². The molecule has 0 saturated heterocycles. The minimum absolute atomic E-state index is 0.389. The molecular weight excluding hydrogens is 306 g/mol. The van der Waals surface area contributed by atoms with Crippen LogP contribution in [0.15, 0.2) is 48.5 Å². The Balaban J connectivity index is 1.93. The summed E-state index contributed by atoms with van der Waals surface area (Å²) in [6.45, 7) is 5.91. The number of aryl methyl sites for hydroxylation is 1. The van der Waals surface area contributed by atoms with Crippen molar-refractivity contribution in [3.63, 3.8) is 0 Å². The lowest BCUT2D eigenvalue weighted by molar-refractivity contribution is -0.123. The third-order valence-electron chi connectivity index (χ3n) is 3.34. The predicted molar refractivity (Wildman–Crippen MR) is 92.3 cm³/mol. The van der Waals surface area contributed by atoms with Gasteiger partial charge in [-0.15, -0.1) is 0 Å². The Morgan fingerprint density at radius 1 is 1.12 bits per heavy atom. The first-order valence-corrected chi connectivity index (χ1v) is 7.81. The maximum atomic E-state index is 12.1. The van der Waals surface area contributed by atoms with Gasteiger partial charge in [0.05, 0.1) is 12.2 Å². The first kappa shape index (κ1) is 17.5. The van der Waals surface area contributed by atoms with Gasteiger partial charge in [-0.3, -0.25) is 4.79 Å². The second kappa shape index (κ2) is 8.15. The molecule has 0 aliphatic carbocycles. The Bertz CT molecular complexity index is 710. The third-order valence-corrected chi connectivity index (χ3v) is 3.34. The van der Waals surface area contributed by atoms with Crippen molar-refractivity contribution in [2.45, 2.75) is 26.9 Å². The second-order valence-corrected chi connectivity index (χ2v) is 5.36. The van der Waals surface area contributed by atoms with Crippen LogP contribution in [0, 0.1) is 6.92 Å². The highest BCUT2D eigenvalue weighted by Crippen LogP contribution is 2.16. The average Bonchev–Trinajstić information content (AvgIpc) is 2.56. The summed E-state index contributed by atoms with van der Waals surface area (Å²) in [5, 5.41) is 2.71. The van der Waals surface area contributed by atoms with Crippen molar-refractivity contribution in [2.24, 2.45) is 0 Å². The third kappa shape index (κ3) is 4.84. The van der Waals surface area contributed by atoms with E-state index in [2.05, 4.69) is 5.32 Å². The van der Waals surface area contributed by atoms with Gasteiger partial charge in [-0.2, -0.15) is 0 Å². The number of carbonyl (C=O) groups is 2. The van der Waals surface area contributed by atoms with E-state index in [1.54, 1.807) is 42.5 Å². The first-order chi connectivity index (χ1) is 11.5. The lowest BCUT2D eigenvalue weighted by atomic mass is 10.1. The van der Waals surface area contributed by atoms with E-state index in [9.17, 15) is 9.59 Å². The Morgan fingerprint density at radius 3 is 2.46 bits per heavy atom. The maximum Gasteiger partial charge on any atom is 0.338 e. The number of esters is 1. The zero-order valence-corrected chi connectivity index (χ0v) is 14.0. The van der Waals surface area contributed by atoms with Crippen molar-refractivity contribution < 1.29 is 19.1 Å². The van der Waals surface area contributed by atoms with Crippen molar-refractivity contribution in [1.82, 2.24) is 0 Å². The fraction of sp³-hybridized carbons (Fsp3) is 0.263. The van der Waals surface area contributed by atoms with E-state index in [-0.39, 0.29) is 5.91 Å². The standard InChI is InChI=1S/C19H21NO4/c1-4-23-17-10-8-16(9-11-17)20-18(21)14(3)24-19(22)15-7-5-6-13(2)12-15/h5-12,14H,4H2,1-3H3,(H,20,21)/t14-/m1/s1. The molecule has 2 aromatic carbocycles. The highest BCUT2D eigenvalue weighted by Gasteiger charge is 2.19. The maximum absolute atomic E-state index is 12.1. The minimum Gasteiger partial charge on any atom is -0.494 e. The van der Waals surface area contributed by atoms with Crippen LogP contribution in [0.4, 0.5) is 5.69 Å². The zero-order chi connectivity index (χ0) is 17.5. The number of carbonyl (C=O) groups excluding carboxylic acids is 2. The van der Waals surface area contributed by atoms with E-state index in [1.807, 2.05) is 19.9 Å². The van der Waals surface area contributed by atoms with Gasteiger partial charge >= 0.3 is 5.97 Å². The molecule has 0 saturated carbocycles. The monoisotopic (exact) mass is 327 g/mol. The SMILES string of the molecule is CCOc1ccc(NC(=O)[C@@H](C)OC(=O)c2cccc(C)c2)cc1. The van der Waals surface area contributed by atoms with E-state index < -0.39 is 12.1 Å². The molecule has 2 aromatic rings. The molecule has 0 spiro atoms. The quantitative estimate of drug-likeness (QED) is 0.824. The van der Waals surface area contributed by atoms with Crippen molar-refractivity contribution in [3.8, 4) is 5.75 Å². The van der Waals surface area contributed by atoms with Gasteiger partial charge < -0.3 is 14.8 Å². The molecular formula is C19H21NO4. The summed E-state index contributed by atoms with van der Waals surface area (Å²) in [7, 11) is 0. The molecule has 5 nitrogen and oxygen atoms in total. The fourth-order valence-electron chi connectivity index (χ4n) is 2.10. The molecule has 0 fully saturated rings. The number of hydrogen-bond acceptors (Lipinski definition) is 4. The predicted octanol–water partition coefficient (Wildman–Crippen LogP) is 3.58. The van der Waals surface area contributed by atoms with E-state index in [1.165, 1.54) is 6.92 Å². The van der Waals surface area contributed by atoms with Crippen molar-refractivity contribution in [2.75, 3.05) is 11.9 Å². The molecule has 0 aliphatic heterocycles. The van der Waals surface area contributed by atoms with E-state index in [0.717, 1.165) is 11.3 Å². The Morgan fingerprint density at radius 2 is 1.83 bits per heavy atom. The van der Waals surface area contributed by atoms with Crippen LogP contribution in [0.25, 0.3) is 0 Å². The molecule has 0 aromatic heterocycles. The van der Waals surface area contributed by atoms with Gasteiger partial charge in [0.15, 0.2) is 6.10 Å². The number of anilines is 1. The van der Waals surface area contributed by atoms with Crippen LogP contribution in [0.1, 0.15) is 29.8 Å². The number of ether oxygens (including phenoxy) is 2. The number of amides is 1. The summed E-state index contributed by atoms with van der Waals surface area (Å²) in [6, 6.07) is 14.0. The summed E-state index contributed by atoms with van der Waals surface area (Å²) in [5.74, 6) is -0.178. The van der Waals surface area contributed by atoms with E-state index >= 15 is 0 Å². The average molecular weight is 327 g/mol. The van der Waals surface area contributed by atoms with Gasteiger partial charge in [0.2, 0.25) is 0 Å². The summed E-state index contributed by atoms with van der Waals surface area (Å²) in [5.41, 5.74) is 1.99. The summed E-state index contributed by atoms with van der Waals surface area (Å²) in [4.78, 5) is 24.2. The highest BCUT2D eigenvalue weighted by molar-refractivity contribution is 5.97. The number of hydrogen-bond donors (Lipinski definition) is 1. The van der Waals surface area contributed by atoms with Gasteiger partial charge in [-0.25, -0.2) is 4.79 Å². The van der Waals surface area contributed by atoms with Gasteiger partial charge in [-0.05, 0) is 57.2 Å². The summed E-state index contributed by atoms with van der Waals surface area (Å²) < 4.78 is 10.6. The Hall–Kier alpha value is -2.82. The highest BCUT2D eigenvalue weighted by atomic mass is 16.5. The normalized spacial score (nSPS) is 11.5. The van der Waals surface area contributed by atoms with Gasteiger partial charge in [0, 0.05) is 5.69 Å². The molecule has 24 heavy (non-hydrogen) atoms. The van der Waals surface area contributed by atoms with Gasteiger partial charge in [0.25, 0.3) is 5.91 Å². The molecule has 5 heteroatoms. The first-order valence-electron chi connectivity index (χ1n) is 7.81. The Kier molecular flexibility index (Phi) is 5.95. The van der Waals surface area contributed by atoms with Crippen molar-refractivity contribution in [3.05, 3.63) is 59.7 Å². The van der Waals surface area contributed by atoms with Gasteiger partial charge in [-0.1, -0.05) is 17.7 Å². The van der Waals surface area contributed by atoms with Crippen molar-refractivity contribution in [1.29, 1.82) is 0 Å². The van der Waals surface area contributed by atoms with Crippen LogP contribution in [-0.2, 0) is 9.53 Å². The van der Waals surface area contributed by atoms with Crippen LogP contribution in [0.5, 0.6) is 5.75 Å². The molecule has 1 atom stereocenters. The zero-order valence-electron chi connectivity index (χ0n) is 14.0. The van der Waals surface area contributed by atoms with E-state index in [0.29, 0.717) is 17.9 Å². The number of nitrogens with one attached hydrogen (secondary N) is 1. The van der Waals surface area contributed by atoms with Crippen LogP contribution in [0.2, 0.25) is 0 Å². The van der Waals surface area contributed by atoms with Crippen LogP contribution in [0.3, 0.4) is 0 Å².